The molecule has 0 unspecified atom stereocenters. The summed E-state index contributed by atoms with van der Waals surface area (Å²) < 4.78 is 37.7. The molecule has 2 aromatic rings. The number of aromatic amines is 1. The van der Waals surface area contributed by atoms with Crippen LogP contribution in [0.1, 0.15) is 17.0 Å². The molecule has 0 fully saturated rings. The molecule has 0 atom stereocenters. The van der Waals surface area contributed by atoms with Gasteiger partial charge in [0.2, 0.25) is 0 Å². The molecule has 3 nitrogen and oxygen atoms in total. The zero-order chi connectivity index (χ0) is 13.2. The molecular formula is C12H12F3N3. The largest absolute Gasteiger partial charge is 0.416 e. The molecule has 1 aromatic carbocycles. The number of aryl methyl sites for hydroxylation is 1. The van der Waals surface area contributed by atoms with Gasteiger partial charge < -0.3 is 10.3 Å². The van der Waals surface area contributed by atoms with Gasteiger partial charge in [-0.1, -0.05) is 6.07 Å². The predicted octanol–water partition coefficient (Wildman–Crippen LogP) is 3.35. The number of H-pyrrole nitrogens is 1. The first-order chi connectivity index (χ1) is 8.47. The Morgan fingerprint density at radius 3 is 2.72 bits per heavy atom. The maximum absolute atomic E-state index is 12.6. The maximum Gasteiger partial charge on any atom is 0.416 e. The Morgan fingerprint density at radius 1 is 1.33 bits per heavy atom. The number of rotatable bonds is 3. The number of imidazole rings is 1. The third-order valence-corrected chi connectivity index (χ3v) is 2.57. The number of anilines is 1. The van der Waals surface area contributed by atoms with Crippen molar-refractivity contribution in [2.75, 3.05) is 5.32 Å². The summed E-state index contributed by atoms with van der Waals surface area (Å²) in [6, 6.07) is 3.64. The van der Waals surface area contributed by atoms with Gasteiger partial charge in [0.25, 0.3) is 0 Å². The van der Waals surface area contributed by atoms with Crippen molar-refractivity contribution in [2.24, 2.45) is 0 Å². The molecule has 6 heteroatoms. The average Bonchev–Trinajstić information content (AvgIpc) is 2.79. The summed E-state index contributed by atoms with van der Waals surface area (Å²) in [5.74, 6) is 0.673. The molecule has 1 aromatic heterocycles. The fraction of sp³-hybridized carbons (Fsp3) is 0.250. The van der Waals surface area contributed by atoms with Crippen molar-refractivity contribution in [3.05, 3.63) is 47.5 Å². The second-order valence-corrected chi connectivity index (χ2v) is 3.92. The molecule has 2 N–H and O–H groups in total. The smallest absolute Gasteiger partial charge is 0.378 e. The van der Waals surface area contributed by atoms with Crippen molar-refractivity contribution in [1.82, 2.24) is 9.97 Å². The van der Waals surface area contributed by atoms with Crippen LogP contribution in [0.3, 0.4) is 0 Å². The van der Waals surface area contributed by atoms with E-state index in [0.717, 1.165) is 17.7 Å². The standard InChI is InChI=1S/C12H12F3N3/c1-8-2-3-9(12(13,14)15)6-10(8)18-7-11-16-4-5-17-11/h2-6,18H,7H2,1H3,(H,16,17). The van der Waals surface area contributed by atoms with Gasteiger partial charge in [-0.3, -0.25) is 0 Å². The van der Waals surface area contributed by atoms with Crippen LogP contribution in [-0.4, -0.2) is 9.97 Å². The number of alkyl halides is 3. The summed E-state index contributed by atoms with van der Waals surface area (Å²) in [5.41, 5.74) is 0.561. The average molecular weight is 255 g/mol. The normalized spacial score (nSPS) is 11.6. The predicted molar refractivity (Wildman–Crippen MR) is 62.1 cm³/mol. The fourth-order valence-corrected chi connectivity index (χ4v) is 1.56. The van der Waals surface area contributed by atoms with Gasteiger partial charge in [0.1, 0.15) is 5.82 Å². The van der Waals surface area contributed by atoms with Crippen LogP contribution < -0.4 is 5.32 Å². The number of aromatic nitrogens is 2. The first kappa shape index (κ1) is 12.5. The van der Waals surface area contributed by atoms with E-state index in [1.54, 1.807) is 19.3 Å². The van der Waals surface area contributed by atoms with Crippen LogP contribution in [0.15, 0.2) is 30.6 Å². The van der Waals surface area contributed by atoms with E-state index in [0.29, 0.717) is 18.1 Å². The van der Waals surface area contributed by atoms with Gasteiger partial charge >= 0.3 is 6.18 Å². The fourth-order valence-electron chi connectivity index (χ4n) is 1.56. The molecule has 18 heavy (non-hydrogen) atoms. The number of hydrogen-bond donors (Lipinski definition) is 2. The molecule has 0 bridgehead atoms. The monoisotopic (exact) mass is 255 g/mol. The molecule has 0 radical (unpaired) electrons. The van der Waals surface area contributed by atoms with Gasteiger partial charge in [-0.25, -0.2) is 4.98 Å². The van der Waals surface area contributed by atoms with Crippen molar-refractivity contribution >= 4 is 5.69 Å². The van der Waals surface area contributed by atoms with Gasteiger partial charge in [0, 0.05) is 18.1 Å². The van der Waals surface area contributed by atoms with Crippen molar-refractivity contribution in [3.63, 3.8) is 0 Å². The zero-order valence-electron chi connectivity index (χ0n) is 9.67. The zero-order valence-corrected chi connectivity index (χ0v) is 9.67. The highest BCUT2D eigenvalue weighted by Crippen LogP contribution is 2.32. The molecule has 96 valence electrons. The highest BCUT2D eigenvalue weighted by Gasteiger charge is 2.30. The third-order valence-electron chi connectivity index (χ3n) is 2.57. The number of nitrogens with zero attached hydrogens (tertiary/aromatic N) is 1. The first-order valence-corrected chi connectivity index (χ1v) is 5.37. The van der Waals surface area contributed by atoms with Crippen molar-refractivity contribution in [1.29, 1.82) is 0 Å². The second kappa shape index (κ2) is 4.72. The molecule has 0 spiro atoms. The van der Waals surface area contributed by atoms with Crippen LogP contribution in [0.2, 0.25) is 0 Å². The van der Waals surface area contributed by atoms with E-state index in [-0.39, 0.29) is 0 Å². The van der Waals surface area contributed by atoms with Gasteiger partial charge in [0.05, 0.1) is 12.1 Å². The Kier molecular flexibility index (Phi) is 3.27. The minimum Gasteiger partial charge on any atom is -0.378 e. The molecule has 0 saturated heterocycles. The molecule has 0 amide bonds. The molecule has 0 aliphatic carbocycles. The van der Waals surface area contributed by atoms with E-state index in [1.807, 2.05) is 0 Å². The van der Waals surface area contributed by atoms with E-state index in [4.69, 9.17) is 0 Å². The summed E-state index contributed by atoms with van der Waals surface area (Å²) in [6.07, 6.45) is -1.07. The summed E-state index contributed by atoms with van der Waals surface area (Å²) >= 11 is 0. The number of benzene rings is 1. The van der Waals surface area contributed by atoms with Crippen LogP contribution in [0.5, 0.6) is 0 Å². The summed E-state index contributed by atoms with van der Waals surface area (Å²) in [4.78, 5) is 6.87. The van der Waals surface area contributed by atoms with Crippen LogP contribution in [0.4, 0.5) is 18.9 Å². The van der Waals surface area contributed by atoms with Crippen molar-refractivity contribution in [2.45, 2.75) is 19.6 Å². The Bertz CT molecular complexity index is 518. The third kappa shape index (κ3) is 2.82. The van der Waals surface area contributed by atoms with Crippen LogP contribution in [0.25, 0.3) is 0 Å². The lowest BCUT2D eigenvalue weighted by Crippen LogP contribution is -2.08. The molecule has 0 aliphatic rings. The van der Waals surface area contributed by atoms with Gasteiger partial charge in [0.15, 0.2) is 0 Å². The topological polar surface area (TPSA) is 40.7 Å². The Balaban J connectivity index is 2.16. The van der Waals surface area contributed by atoms with E-state index < -0.39 is 11.7 Å². The molecule has 1 heterocycles. The molecule has 0 saturated carbocycles. The molecule has 2 rings (SSSR count). The number of nitrogens with one attached hydrogen (secondary N) is 2. The number of halogens is 3. The lowest BCUT2D eigenvalue weighted by molar-refractivity contribution is -0.137. The molecule has 0 aliphatic heterocycles. The van der Waals surface area contributed by atoms with Crippen LogP contribution >= 0.6 is 0 Å². The minimum absolute atomic E-state index is 0.356. The van der Waals surface area contributed by atoms with Crippen molar-refractivity contribution < 1.29 is 13.2 Å². The Hall–Kier alpha value is -1.98. The van der Waals surface area contributed by atoms with E-state index in [1.165, 1.54) is 6.07 Å². The van der Waals surface area contributed by atoms with Gasteiger partial charge in [-0.15, -0.1) is 0 Å². The highest BCUT2D eigenvalue weighted by molar-refractivity contribution is 5.53. The van der Waals surface area contributed by atoms with Gasteiger partial charge in [-0.2, -0.15) is 13.2 Å². The Labute approximate surface area is 102 Å². The van der Waals surface area contributed by atoms with Gasteiger partial charge in [-0.05, 0) is 24.6 Å². The Morgan fingerprint density at radius 2 is 2.11 bits per heavy atom. The van der Waals surface area contributed by atoms with Crippen molar-refractivity contribution in [3.8, 4) is 0 Å². The summed E-state index contributed by atoms with van der Waals surface area (Å²) in [7, 11) is 0. The SMILES string of the molecule is Cc1ccc(C(F)(F)F)cc1NCc1ncc[nH]1. The quantitative estimate of drug-likeness (QED) is 0.883. The second-order valence-electron chi connectivity index (χ2n) is 3.92. The summed E-state index contributed by atoms with van der Waals surface area (Å²) in [5, 5.41) is 2.93. The van der Waals surface area contributed by atoms with E-state index >= 15 is 0 Å². The van der Waals surface area contributed by atoms with Crippen LogP contribution in [-0.2, 0) is 12.7 Å². The number of hydrogen-bond acceptors (Lipinski definition) is 2. The lowest BCUT2D eigenvalue weighted by atomic mass is 10.1. The highest BCUT2D eigenvalue weighted by atomic mass is 19.4. The maximum atomic E-state index is 12.6. The lowest BCUT2D eigenvalue weighted by Gasteiger charge is -2.12. The summed E-state index contributed by atoms with van der Waals surface area (Å²) in [6.45, 7) is 2.11. The van der Waals surface area contributed by atoms with Crippen LogP contribution in [0, 0.1) is 6.92 Å². The van der Waals surface area contributed by atoms with E-state index in [9.17, 15) is 13.2 Å². The first-order valence-electron chi connectivity index (χ1n) is 5.37. The minimum atomic E-state index is -4.32. The van der Waals surface area contributed by atoms with E-state index in [2.05, 4.69) is 15.3 Å². The molecular weight excluding hydrogens is 243 g/mol.